The summed E-state index contributed by atoms with van der Waals surface area (Å²) in [4.78, 5) is 0. The smallest absolute Gasteiger partial charge is 0.165 e. The van der Waals surface area contributed by atoms with Crippen molar-refractivity contribution in [3.8, 4) is 5.75 Å². The molecule has 0 aliphatic heterocycles. The lowest BCUT2D eigenvalue weighted by Gasteiger charge is -2.18. The molecule has 0 saturated carbocycles. The normalized spacial score (nSPS) is 12.2. The molecular weight excluding hydrogens is 243 g/mol. The van der Waals surface area contributed by atoms with E-state index >= 15 is 0 Å². The average Bonchev–Trinajstić information content (AvgIpc) is 2.42. The van der Waals surface area contributed by atoms with E-state index in [4.69, 9.17) is 10.5 Å². The number of nitrogens with one attached hydrogen (secondary N) is 1. The van der Waals surface area contributed by atoms with E-state index in [1.165, 1.54) is 13.2 Å². The second-order valence-corrected chi connectivity index (χ2v) is 4.28. The Morgan fingerprint density at radius 2 is 1.74 bits per heavy atom. The van der Waals surface area contributed by atoms with Crippen molar-refractivity contribution in [1.29, 1.82) is 0 Å². The Morgan fingerprint density at radius 1 is 1.11 bits per heavy atom. The van der Waals surface area contributed by atoms with Crippen LogP contribution in [0.3, 0.4) is 0 Å². The van der Waals surface area contributed by atoms with Gasteiger partial charge in [-0.15, -0.1) is 0 Å². The molecule has 100 valence electrons. The predicted molar refractivity (Wildman–Crippen MR) is 74.7 cm³/mol. The highest BCUT2D eigenvalue weighted by Gasteiger charge is 2.14. The number of nitrogen functional groups attached to an aromatic ring is 1. The van der Waals surface area contributed by atoms with Crippen LogP contribution in [0.2, 0.25) is 0 Å². The summed E-state index contributed by atoms with van der Waals surface area (Å²) < 4.78 is 18.7. The lowest BCUT2D eigenvalue weighted by Crippen LogP contribution is -2.17. The standard InChI is InChI=1S/C15H17FN2O/c1-18-15(10-3-6-12(17)7-4-10)11-5-8-14(19-2)13(16)9-11/h3-9,15,18H,17H2,1-2H3. The van der Waals surface area contributed by atoms with Crippen LogP contribution in [0.4, 0.5) is 10.1 Å². The van der Waals surface area contributed by atoms with Crippen LogP contribution in [-0.4, -0.2) is 14.2 Å². The molecule has 0 amide bonds. The highest BCUT2D eigenvalue weighted by Crippen LogP contribution is 2.26. The van der Waals surface area contributed by atoms with Crippen molar-refractivity contribution in [1.82, 2.24) is 5.32 Å². The summed E-state index contributed by atoms with van der Waals surface area (Å²) in [5.74, 6) is -0.119. The summed E-state index contributed by atoms with van der Waals surface area (Å²) in [6.07, 6.45) is 0. The minimum atomic E-state index is -0.365. The van der Waals surface area contributed by atoms with E-state index in [0.29, 0.717) is 5.69 Å². The minimum absolute atomic E-state index is 0.0824. The van der Waals surface area contributed by atoms with Gasteiger partial charge in [-0.1, -0.05) is 18.2 Å². The molecule has 4 heteroatoms. The van der Waals surface area contributed by atoms with Gasteiger partial charge in [0.25, 0.3) is 0 Å². The Balaban J connectivity index is 2.36. The number of benzene rings is 2. The van der Waals surface area contributed by atoms with E-state index in [9.17, 15) is 4.39 Å². The predicted octanol–water partition coefficient (Wildman–Crippen LogP) is 2.73. The molecule has 0 bridgehead atoms. The van der Waals surface area contributed by atoms with Crippen LogP contribution in [0, 0.1) is 5.82 Å². The van der Waals surface area contributed by atoms with E-state index in [1.807, 2.05) is 37.4 Å². The molecule has 1 atom stereocenters. The van der Waals surface area contributed by atoms with Crippen molar-refractivity contribution in [2.24, 2.45) is 0 Å². The van der Waals surface area contributed by atoms with Crippen LogP contribution < -0.4 is 15.8 Å². The maximum atomic E-state index is 13.8. The van der Waals surface area contributed by atoms with Crippen molar-refractivity contribution in [3.05, 3.63) is 59.4 Å². The number of rotatable bonds is 4. The first-order chi connectivity index (χ1) is 9.15. The van der Waals surface area contributed by atoms with Gasteiger partial charge in [0.15, 0.2) is 11.6 Å². The number of nitrogens with two attached hydrogens (primary N) is 1. The Hall–Kier alpha value is -2.07. The van der Waals surface area contributed by atoms with Gasteiger partial charge in [-0.2, -0.15) is 0 Å². The quantitative estimate of drug-likeness (QED) is 0.831. The Labute approximate surface area is 112 Å². The third kappa shape index (κ3) is 2.85. The number of hydrogen-bond donors (Lipinski definition) is 2. The summed E-state index contributed by atoms with van der Waals surface area (Å²) in [5, 5.41) is 3.17. The second kappa shape index (κ2) is 5.71. The van der Waals surface area contributed by atoms with Crippen molar-refractivity contribution in [2.75, 3.05) is 19.9 Å². The van der Waals surface area contributed by atoms with Crippen molar-refractivity contribution < 1.29 is 9.13 Å². The van der Waals surface area contributed by atoms with Crippen LogP contribution in [0.1, 0.15) is 17.2 Å². The molecule has 0 fully saturated rings. The Kier molecular flexibility index (Phi) is 4.02. The highest BCUT2D eigenvalue weighted by molar-refractivity contribution is 5.43. The van der Waals surface area contributed by atoms with Crippen LogP contribution >= 0.6 is 0 Å². The van der Waals surface area contributed by atoms with E-state index in [2.05, 4.69) is 5.32 Å². The van der Waals surface area contributed by atoms with Gasteiger partial charge in [0.2, 0.25) is 0 Å². The fourth-order valence-electron chi connectivity index (χ4n) is 2.08. The molecule has 3 N–H and O–H groups in total. The molecule has 2 aromatic rings. The number of hydrogen-bond acceptors (Lipinski definition) is 3. The van der Waals surface area contributed by atoms with Gasteiger partial charge in [-0.3, -0.25) is 0 Å². The van der Waals surface area contributed by atoms with Gasteiger partial charge >= 0.3 is 0 Å². The largest absolute Gasteiger partial charge is 0.494 e. The van der Waals surface area contributed by atoms with E-state index in [-0.39, 0.29) is 17.6 Å². The number of methoxy groups -OCH3 is 1. The van der Waals surface area contributed by atoms with Crippen LogP contribution in [0.5, 0.6) is 5.75 Å². The summed E-state index contributed by atoms with van der Waals surface area (Å²) in [7, 11) is 3.29. The molecule has 0 aliphatic rings. The molecule has 2 aromatic carbocycles. The summed E-state index contributed by atoms with van der Waals surface area (Å²) in [6, 6.07) is 12.4. The van der Waals surface area contributed by atoms with Gasteiger partial charge in [-0.05, 0) is 42.4 Å². The zero-order valence-corrected chi connectivity index (χ0v) is 11.0. The highest BCUT2D eigenvalue weighted by atomic mass is 19.1. The molecule has 0 aliphatic carbocycles. The third-order valence-electron chi connectivity index (χ3n) is 3.07. The Morgan fingerprint density at radius 3 is 2.26 bits per heavy atom. The summed E-state index contributed by atoms with van der Waals surface area (Å²) in [6.45, 7) is 0. The molecule has 0 spiro atoms. The van der Waals surface area contributed by atoms with E-state index < -0.39 is 0 Å². The van der Waals surface area contributed by atoms with Crippen LogP contribution in [0.15, 0.2) is 42.5 Å². The van der Waals surface area contributed by atoms with Crippen LogP contribution in [-0.2, 0) is 0 Å². The topological polar surface area (TPSA) is 47.3 Å². The number of ether oxygens (including phenoxy) is 1. The van der Waals surface area contributed by atoms with Crippen LogP contribution in [0.25, 0.3) is 0 Å². The lowest BCUT2D eigenvalue weighted by atomic mass is 9.98. The lowest BCUT2D eigenvalue weighted by molar-refractivity contribution is 0.386. The van der Waals surface area contributed by atoms with Gasteiger partial charge in [0, 0.05) is 5.69 Å². The van der Waals surface area contributed by atoms with Gasteiger partial charge in [0.1, 0.15) is 0 Å². The van der Waals surface area contributed by atoms with Crippen molar-refractivity contribution in [3.63, 3.8) is 0 Å². The van der Waals surface area contributed by atoms with Gasteiger partial charge in [0.05, 0.1) is 13.2 Å². The first-order valence-corrected chi connectivity index (χ1v) is 6.02. The first-order valence-electron chi connectivity index (χ1n) is 6.02. The number of halogens is 1. The molecule has 1 unspecified atom stereocenters. The molecule has 0 saturated heterocycles. The van der Waals surface area contributed by atoms with E-state index in [0.717, 1.165) is 11.1 Å². The number of anilines is 1. The minimum Gasteiger partial charge on any atom is -0.494 e. The molecule has 3 nitrogen and oxygen atoms in total. The average molecular weight is 260 g/mol. The third-order valence-corrected chi connectivity index (χ3v) is 3.07. The molecule has 0 heterocycles. The summed E-state index contributed by atoms with van der Waals surface area (Å²) in [5.41, 5.74) is 8.25. The second-order valence-electron chi connectivity index (χ2n) is 4.28. The molecule has 0 aromatic heterocycles. The molecule has 2 rings (SSSR count). The Bertz CT molecular complexity index is 555. The maximum absolute atomic E-state index is 13.8. The molecule has 0 radical (unpaired) electrons. The SMILES string of the molecule is CNC(c1ccc(N)cc1)c1ccc(OC)c(F)c1. The fourth-order valence-corrected chi connectivity index (χ4v) is 2.08. The van der Waals surface area contributed by atoms with Gasteiger partial charge < -0.3 is 15.8 Å². The summed E-state index contributed by atoms with van der Waals surface area (Å²) >= 11 is 0. The molecule has 19 heavy (non-hydrogen) atoms. The van der Waals surface area contributed by atoms with Crippen molar-refractivity contribution in [2.45, 2.75) is 6.04 Å². The fraction of sp³-hybridized carbons (Fsp3) is 0.200. The zero-order chi connectivity index (χ0) is 13.8. The zero-order valence-electron chi connectivity index (χ0n) is 11.0. The monoisotopic (exact) mass is 260 g/mol. The van der Waals surface area contributed by atoms with Gasteiger partial charge in [-0.25, -0.2) is 4.39 Å². The maximum Gasteiger partial charge on any atom is 0.165 e. The van der Waals surface area contributed by atoms with Crippen molar-refractivity contribution >= 4 is 5.69 Å². The molecular formula is C15H17FN2O. The first kappa shape index (κ1) is 13.4. The van der Waals surface area contributed by atoms with E-state index in [1.54, 1.807) is 6.07 Å².